The van der Waals surface area contributed by atoms with Crippen molar-refractivity contribution in [2.24, 2.45) is 0 Å². The molecule has 0 aliphatic carbocycles. The van der Waals surface area contributed by atoms with Crippen LogP contribution in [0.25, 0.3) is 0 Å². The van der Waals surface area contributed by atoms with Crippen LogP contribution in [0, 0.1) is 6.92 Å². The van der Waals surface area contributed by atoms with Crippen molar-refractivity contribution in [3.05, 3.63) is 53.7 Å². The first-order chi connectivity index (χ1) is 11.5. The Labute approximate surface area is 147 Å². The molecule has 0 radical (unpaired) electrons. The fourth-order valence-electron chi connectivity index (χ4n) is 2.79. The molecule has 0 saturated carbocycles. The van der Waals surface area contributed by atoms with Crippen molar-refractivity contribution in [3.63, 3.8) is 0 Å². The molecule has 2 atom stereocenters. The Morgan fingerprint density at radius 1 is 1.21 bits per heavy atom. The highest BCUT2D eigenvalue weighted by molar-refractivity contribution is 8.00. The van der Waals surface area contributed by atoms with Gasteiger partial charge in [0.05, 0.1) is 5.56 Å². The smallest absolute Gasteiger partial charge is 0.257 e. The Kier molecular flexibility index (Phi) is 5.09. The molecule has 126 valence electrons. The van der Waals surface area contributed by atoms with Gasteiger partial charge in [-0.25, -0.2) is 4.98 Å². The maximum absolute atomic E-state index is 12.3. The van der Waals surface area contributed by atoms with Crippen LogP contribution in [0.3, 0.4) is 0 Å². The van der Waals surface area contributed by atoms with Gasteiger partial charge in [0.15, 0.2) is 0 Å². The Hall–Kier alpha value is -2.01. The number of thioether (sulfide) groups is 1. The lowest BCUT2D eigenvalue weighted by Gasteiger charge is -2.38. The second kappa shape index (κ2) is 7.26. The molecular formula is C19H23N3OS. The highest BCUT2D eigenvalue weighted by atomic mass is 32.2. The number of nitrogens with zero attached hydrogens (tertiary/aromatic N) is 2. The summed E-state index contributed by atoms with van der Waals surface area (Å²) >= 11 is 2.00. The van der Waals surface area contributed by atoms with E-state index in [1.165, 1.54) is 5.56 Å². The predicted molar refractivity (Wildman–Crippen MR) is 102 cm³/mol. The molecule has 1 fully saturated rings. The number of hydrogen-bond acceptors (Lipinski definition) is 4. The first-order valence-corrected chi connectivity index (χ1v) is 9.32. The number of aromatic nitrogens is 1. The normalized spacial score (nSPS) is 20.7. The largest absolute Gasteiger partial charge is 0.352 e. The maximum atomic E-state index is 12.3. The molecule has 2 unspecified atom stereocenters. The van der Waals surface area contributed by atoms with Crippen LogP contribution in [0.2, 0.25) is 0 Å². The minimum absolute atomic E-state index is 0.131. The number of amides is 1. The lowest BCUT2D eigenvalue weighted by Crippen LogP contribution is -2.45. The Balaban J connectivity index is 1.69. The minimum atomic E-state index is -0.131. The van der Waals surface area contributed by atoms with Crippen LogP contribution in [-0.2, 0) is 0 Å². The van der Waals surface area contributed by atoms with Crippen molar-refractivity contribution in [2.75, 3.05) is 22.5 Å². The van der Waals surface area contributed by atoms with Gasteiger partial charge in [-0.15, -0.1) is 0 Å². The number of hydrogen-bond donors (Lipinski definition) is 1. The number of pyridine rings is 1. The summed E-state index contributed by atoms with van der Waals surface area (Å²) in [6.45, 7) is 7.51. The number of rotatable bonds is 3. The Morgan fingerprint density at radius 2 is 1.96 bits per heavy atom. The highest BCUT2D eigenvalue weighted by Crippen LogP contribution is 2.27. The Morgan fingerprint density at radius 3 is 2.62 bits per heavy atom. The zero-order chi connectivity index (χ0) is 17.1. The summed E-state index contributed by atoms with van der Waals surface area (Å²) in [6, 6.07) is 12.0. The fourth-order valence-corrected chi connectivity index (χ4v) is 3.89. The molecule has 1 amide bonds. The summed E-state index contributed by atoms with van der Waals surface area (Å²) in [5.41, 5.74) is 2.54. The van der Waals surface area contributed by atoms with Crippen molar-refractivity contribution in [1.82, 2.24) is 4.98 Å². The predicted octanol–water partition coefficient (Wildman–Crippen LogP) is 3.97. The summed E-state index contributed by atoms with van der Waals surface area (Å²) in [6.07, 6.45) is 1.66. The molecule has 0 bridgehead atoms. The van der Waals surface area contributed by atoms with E-state index in [0.29, 0.717) is 16.9 Å². The van der Waals surface area contributed by atoms with Crippen molar-refractivity contribution in [1.29, 1.82) is 0 Å². The number of carbonyl (C=O) groups excluding carboxylic acids is 1. The monoisotopic (exact) mass is 341 g/mol. The molecule has 4 nitrogen and oxygen atoms in total. The van der Waals surface area contributed by atoms with Crippen LogP contribution in [0.4, 0.5) is 11.5 Å². The van der Waals surface area contributed by atoms with Gasteiger partial charge in [-0.1, -0.05) is 24.6 Å². The summed E-state index contributed by atoms with van der Waals surface area (Å²) in [5.74, 6) is 1.93. The third-order valence-corrected chi connectivity index (χ3v) is 5.84. The average molecular weight is 341 g/mol. The number of carbonyl (C=O) groups is 1. The van der Waals surface area contributed by atoms with E-state index in [-0.39, 0.29) is 5.91 Å². The lowest BCUT2D eigenvalue weighted by molar-refractivity contribution is 0.102. The molecule has 1 N–H and O–H groups in total. The number of aryl methyl sites for hydroxylation is 1. The van der Waals surface area contributed by atoms with Crippen LogP contribution in [0.15, 0.2) is 42.6 Å². The fraction of sp³-hybridized carbons (Fsp3) is 0.368. The van der Waals surface area contributed by atoms with E-state index in [1.807, 2.05) is 55.1 Å². The van der Waals surface area contributed by atoms with Crippen LogP contribution in [0.1, 0.15) is 29.8 Å². The van der Waals surface area contributed by atoms with Crippen molar-refractivity contribution < 1.29 is 4.79 Å². The van der Waals surface area contributed by atoms with Crippen molar-refractivity contribution >= 4 is 29.2 Å². The molecule has 24 heavy (non-hydrogen) atoms. The van der Waals surface area contributed by atoms with Gasteiger partial charge in [0.1, 0.15) is 5.82 Å². The number of benzene rings is 1. The summed E-state index contributed by atoms with van der Waals surface area (Å²) in [7, 11) is 0. The molecular weight excluding hydrogens is 318 g/mol. The highest BCUT2D eigenvalue weighted by Gasteiger charge is 2.26. The van der Waals surface area contributed by atoms with Crippen LogP contribution in [0.5, 0.6) is 0 Å². The summed E-state index contributed by atoms with van der Waals surface area (Å²) in [5, 5.41) is 3.49. The van der Waals surface area contributed by atoms with E-state index in [0.717, 1.165) is 23.8 Å². The number of anilines is 2. The molecule has 2 aromatic rings. The third-order valence-electron chi connectivity index (χ3n) is 4.50. The molecule has 1 saturated heterocycles. The topological polar surface area (TPSA) is 45.2 Å². The zero-order valence-electron chi connectivity index (χ0n) is 14.3. The van der Waals surface area contributed by atoms with Crippen LogP contribution >= 0.6 is 11.8 Å². The third kappa shape index (κ3) is 3.73. The van der Waals surface area contributed by atoms with Gasteiger partial charge in [-0.3, -0.25) is 4.79 Å². The van der Waals surface area contributed by atoms with Crippen LogP contribution in [-0.4, -0.2) is 34.5 Å². The van der Waals surface area contributed by atoms with Gasteiger partial charge < -0.3 is 10.2 Å². The maximum Gasteiger partial charge on any atom is 0.257 e. The standard InChI is InChI=1S/C19H23N3OS/c1-13-4-7-17(8-5-13)21-19(23)16-6-9-18(20-12-16)22-10-11-24-15(3)14(22)2/h4-9,12,14-15H,10-11H2,1-3H3,(H,21,23). The van der Waals surface area contributed by atoms with Crippen molar-refractivity contribution in [2.45, 2.75) is 32.1 Å². The molecule has 5 heteroatoms. The van der Waals surface area contributed by atoms with Gasteiger partial charge in [0, 0.05) is 35.5 Å². The second-order valence-electron chi connectivity index (χ2n) is 6.24. The van der Waals surface area contributed by atoms with E-state index < -0.39 is 0 Å². The van der Waals surface area contributed by atoms with E-state index >= 15 is 0 Å². The summed E-state index contributed by atoms with van der Waals surface area (Å²) in [4.78, 5) is 19.2. The van der Waals surface area contributed by atoms with Crippen LogP contribution < -0.4 is 10.2 Å². The minimum Gasteiger partial charge on any atom is -0.352 e. The number of nitrogens with one attached hydrogen (secondary N) is 1. The van der Waals surface area contributed by atoms with Gasteiger partial charge in [0.2, 0.25) is 0 Å². The van der Waals surface area contributed by atoms with Gasteiger partial charge >= 0.3 is 0 Å². The summed E-state index contributed by atoms with van der Waals surface area (Å²) < 4.78 is 0. The van der Waals surface area contributed by atoms with Gasteiger partial charge in [-0.05, 0) is 38.1 Å². The first kappa shape index (κ1) is 16.8. The lowest BCUT2D eigenvalue weighted by atomic mass is 10.2. The van der Waals surface area contributed by atoms with E-state index in [2.05, 4.69) is 29.0 Å². The molecule has 0 spiro atoms. The Bertz CT molecular complexity index is 700. The molecule has 1 aliphatic heterocycles. The molecule has 2 heterocycles. The van der Waals surface area contributed by atoms with E-state index in [4.69, 9.17) is 0 Å². The van der Waals surface area contributed by atoms with Gasteiger partial charge in [-0.2, -0.15) is 11.8 Å². The molecule has 1 aliphatic rings. The average Bonchev–Trinajstić information content (AvgIpc) is 2.59. The van der Waals surface area contributed by atoms with E-state index in [9.17, 15) is 4.79 Å². The quantitative estimate of drug-likeness (QED) is 0.917. The molecule has 1 aromatic heterocycles. The SMILES string of the molecule is Cc1ccc(NC(=O)c2ccc(N3CCSC(C)C3C)nc2)cc1. The molecule has 1 aromatic carbocycles. The zero-order valence-corrected chi connectivity index (χ0v) is 15.1. The first-order valence-electron chi connectivity index (χ1n) is 8.27. The van der Waals surface area contributed by atoms with Crippen molar-refractivity contribution in [3.8, 4) is 0 Å². The molecule has 3 rings (SSSR count). The van der Waals surface area contributed by atoms with E-state index in [1.54, 1.807) is 6.20 Å². The second-order valence-corrected chi connectivity index (χ2v) is 7.72. The van der Waals surface area contributed by atoms with Gasteiger partial charge in [0.25, 0.3) is 5.91 Å².